The number of nitrogens with two attached hydrogens (primary N) is 1. The zero-order chi connectivity index (χ0) is 14.6. The van der Waals surface area contributed by atoms with E-state index in [2.05, 4.69) is 5.32 Å². The third-order valence-corrected chi connectivity index (χ3v) is 2.43. The second-order valence-corrected chi connectivity index (χ2v) is 4.00. The minimum atomic E-state index is -1.41. The predicted molar refractivity (Wildman–Crippen MR) is 63.8 cm³/mol. The number of carboxylic acids is 1. The average molecular weight is 268 g/mol. The van der Waals surface area contributed by atoms with Gasteiger partial charge in [0.1, 0.15) is 11.9 Å². The van der Waals surface area contributed by atoms with Crippen LogP contribution in [0.1, 0.15) is 22.3 Å². The SMILES string of the molecule is Cc1cc(C(=O)NC(CC(N)=O)C(=O)O)ccc1F. The first-order valence-corrected chi connectivity index (χ1v) is 5.39. The number of carbonyl (C=O) groups is 3. The summed E-state index contributed by atoms with van der Waals surface area (Å²) in [5, 5.41) is 11.0. The maximum atomic E-state index is 13.0. The van der Waals surface area contributed by atoms with Crippen LogP contribution in [-0.4, -0.2) is 28.9 Å². The van der Waals surface area contributed by atoms with Crippen LogP contribution in [0.25, 0.3) is 0 Å². The lowest BCUT2D eigenvalue weighted by atomic mass is 10.1. The van der Waals surface area contributed by atoms with Crippen molar-refractivity contribution in [2.24, 2.45) is 5.73 Å². The van der Waals surface area contributed by atoms with Crippen LogP contribution in [0, 0.1) is 12.7 Å². The van der Waals surface area contributed by atoms with Gasteiger partial charge in [0.15, 0.2) is 0 Å². The van der Waals surface area contributed by atoms with E-state index in [0.717, 1.165) is 6.07 Å². The second kappa shape index (κ2) is 5.94. The Morgan fingerprint density at radius 1 is 1.42 bits per heavy atom. The van der Waals surface area contributed by atoms with Crippen LogP contribution >= 0.6 is 0 Å². The van der Waals surface area contributed by atoms with Crippen molar-refractivity contribution in [2.45, 2.75) is 19.4 Å². The van der Waals surface area contributed by atoms with Crippen LogP contribution in [-0.2, 0) is 9.59 Å². The Labute approximate surface area is 108 Å². The van der Waals surface area contributed by atoms with Gasteiger partial charge in [0, 0.05) is 5.56 Å². The van der Waals surface area contributed by atoms with E-state index in [4.69, 9.17) is 10.8 Å². The summed E-state index contributed by atoms with van der Waals surface area (Å²) in [6.07, 6.45) is -0.513. The van der Waals surface area contributed by atoms with Crippen LogP contribution in [0.5, 0.6) is 0 Å². The van der Waals surface area contributed by atoms with Crippen LogP contribution in [0.15, 0.2) is 18.2 Å². The van der Waals surface area contributed by atoms with Gasteiger partial charge in [-0.3, -0.25) is 9.59 Å². The third kappa shape index (κ3) is 4.06. The Morgan fingerprint density at radius 2 is 2.05 bits per heavy atom. The van der Waals surface area contributed by atoms with E-state index in [0.29, 0.717) is 0 Å². The zero-order valence-electron chi connectivity index (χ0n) is 10.1. The number of nitrogens with one attached hydrogen (secondary N) is 1. The third-order valence-electron chi connectivity index (χ3n) is 2.43. The Hall–Kier alpha value is -2.44. The van der Waals surface area contributed by atoms with Gasteiger partial charge in [0.05, 0.1) is 6.42 Å². The van der Waals surface area contributed by atoms with E-state index in [1.54, 1.807) is 0 Å². The number of benzene rings is 1. The Morgan fingerprint density at radius 3 is 2.53 bits per heavy atom. The summed E-state index contributed by atoms with van der Waals surface area (Å²) in [5.41, 5.74) is 5.25. The van der Waals surface area contributed by atoms with Crippen molar-refractivity contribution in [1.29, 1.82) is 0 Å². The highest BCUT2D eigenvalue weighted by atomic mass is 19.1. The highest BCUT2D eigenvalue weighted by Crippen LogP contribution is 2.09. The molecule has 0 fully saturated rings. The van der Waals surface area contributed by atoms with Gasteiger partial charge in [-0.2, -0.15) is 0 Å². The molecule has 6 nitrogen and oxygen atoms in total. The van der Waals surface area contributed by atoms with Crippen LogP contribution in [0.3, 0.4) is 0 Å². The lowest BCUT2D eigenvalue weighted by molar-refractivity contribution is -0.140. The molecular weight excluding hydrogens is 255 g/mol. The molecule has 19 heavy (non-hydrogen) atoms. The van der Waals surface area contributed by atoms with Gasteiger partial charge in [-0.15, -0.1) is 0 Å². The number of aryl methyl sites for hydroxylation is 1. The zero-order valence-corrected chi connectivity index (χ0v) is 10.1. The minimum absolute atomic E-state index is 0.106. The fourth-order valence-corrected chi connectivity index (χ4v) is 1.43. The van der Waals surface area contributed by atoms with Gasteiger partial charge < -0.3 is 16.2 Å². The van der Waals surface area contributed by atoms with Crippen molar-refractivity contribution < 1.29 is 23.9 Å². The molecule has 1 aromatic carbocycles. The number of carbonyl (C=O) groups excluding carboxylic acids is 2. The molecule has 0 radical (unpaired) electrons. The number of hydrogen-bond donors (Lipinski definition) is 3. The van der Waals surface area contributed by atoms with E-state index in [1.165, 1.54) is 19.1 Å². The summed E-state index contributed by atoms with van der Waals surface area (Å²) in [5.74, 6) is -3.39. The van der Waals surface area contributed by atoms with Crippen LogP contribution in [0.4, 0.5) is 4.39 Å². The Balaban J connectivity index is 2.84. The van der Waals surface area contributed by atoms with E-state index >= 15 is 0 Å². The van der Waals surface area contributed by atoms with Gasteiger partial charge in [-0.25, -0.2) is 9.18 Å². The normalized spacial score (nSPS) is 11.7. The summed E-state index contributed by atoms with van der Waals surface area (Å²) in [6.45, 7) is 1.48. The van der Waals surface area contributed by atoms with Crippen molar-refractivity contribution in [1.82, 2.24) is 5.32 Å². The molecule has 1 atom stereocenters. The fourth-order valence-electron chi connectivity index (χ4n) is 1.43. The van der Waals surface area contributed by atoms with Crippen molar-refractivity contribution in [3.05, 3.63) is 35.1 Å². The molecule has 2 amide bonds. The number of carboxylic acid groups (broad SMARTS) is 1. The maximum absolute atomic E-state index is 13.0. The summed E-state index contributed by atoms with van der Waals surface area (Å²) in [6, 6.07) is 2.21. The molecule has 0 aliphatic carbocycles. The molecular formula is C12H13FN2O4. The molecule has 102 valence electrons. The average Bonchev–Trinajstić information content (AvgIpc) is 2.31. The summed E-state index contributed by atoms with van der Waals surface area (Å²) in [7, 11) is 0. The Kier molecular flexibility index (Phi) is 4.57. The van der Waals surface area contributed by atoms with Crippen molar-refractivity contribution in [2.75, 3.05) is 0 Å². The monoisotopic (exact) mass is 268 g/mol. The first-order chi connectivity index (χ1) is 8.81. The van der Waals surface area contributed by atoms with Gasteiger partial charge in [0.25, 0.3) is 5.91 Å². The Bertz CT molecular complexity index is 530. The second-order valence-electron chi connectivity index (χ2n) is 4.00. The molecule has 0 heterocycles. The van der Waals surface area contributed by atoms with Crippen LogP contribution < -0.4 is 11.1 Å². The highest BCUT2D eigenvalue weighted by molar-refractivity contribution is 5.97. The highest BCUT2D eigenvalue weighted by Gasteiger charge is 2.22. The number of primary amides is 1. The molecule has 0 spiro atoms. The summed E-state index contributed by atoms with van der Waals surface area (Å²) < 4.78 is 13.0. The topological polar surface area (TPSA) is 109 Å². The molecule has 0 bridgehead atoms. The quantitative estimate of drug-likeness (QED) is 0.708. The molecule has 7 heteroatoms. The molecule has 1 unspecified atom stereocenters. The first-order valence-electron chi connectivity index (χ1n) is 5.39. The number of hydrogen-bond acceptors (Lipinski definition) is 3. The van der Waals surface area contributed by atoms with Crippen molar-refractivity contribution in [3.8, 4) is 0 Å². The maximum Gasteiger partial charge on any atom is 0.326 e. The predicted octanol–water partition coefficient (Wildman–Crippen LogP) is 0.193. The smallest absolute Gasteiger partial charge is 0.326 e. The van der Waals surface area contributed by atoms with E-state index in [9.17, 15) is 18.8 Å². The number of amides is 2. The molecule has 0 saturated heterocycles. The summed E-state index contributed by atoms with van der Waals surface area (Å²) >= 11 is 0. The van der Waals surface area contributed by atoms with Gasteiger partial charge in [-0.05, 0) is 30.7 Å². The minimum Gasteiger partial charge on any atom is -0.480 e. The van der Waals surface area contributed by atoms with Crippen LogP contribution in [0.2, 0.25) is 0 Å². The summed E-state index contributed by atoms with van der Waals surface area (Å²) in [4.78, 5) is 33.3. The van der Waals surface area contributed by atoms with Gasteiger partial charge >= 0.3 is 5.97 Å². The molecule has 4 N–H and O–H groups in total. The molecule has 1 rings (SSSR count). The van der Waals surface area contributed by atoms with Crippen molar-refractivity contribution >= 4 is 17.8 Å². The fraction of sp³-hybridized carbons (Fsp3) is 0.250. The largest absolute Gasteiger partial charge is 0.480 e. The van der Waals surface area contributed by atoms with Gasteiger partial charge in [0.2, 0.25) is 5.91 Å². The van der Waals surface area contributed by atoms with E-state index < -0.39 is 36.1 Å². The molecule has 0 saturated carbocycles. The van der Waals surface area contributed by atoms with E-state index in [-0.39, 0.29) is 11.1 Å². The molecule has 1 aromatic rings. The van der Waals surface area contributed by atoms with E-state index in [1.807, 2.05) is 0 Å². The van der Waals surface area contributed by atoms with Gasteiger partial charge in [-0.1, -0.05) is 0 Å². The molecule has 0 aliphatic rings. The molecule has 0 aromatic heterocycles. The lowest BCUT2D eigenvalue weighted by Crippen LogP contribution is -2.43. The first kappa shape index (κ1) is 14.6. The number of rotatable bonds is 5. The molecule has 0 aliphatic heterocycles. The number of halogens is 1. The van der Waals surface area contributed by atoms with Crippen molar-refractivity contribution in [3.63, 3.8) is 0 Å². The number of aliphatic carboxylic acids is 1. The lowest BCUT2D eigenvalue weighted by Gasteiger charge is -2.13. The standard InChI is InChI=1S/C12H13FN2O4/c1-6-4-7(2-3-8(6)13)11(17)15-9(12(18)19)5-10(14)16/h2-4,9H,5H2,1H3,(H2,14,16)(H,15,17)(H,18,19).